The van der Waals surface area contributed by atoms with E-state index < -0.39 is 10.0 Å². The molecule has 3 atom stereocenters. The second-order valence-corrected chi connectivity index (χ2v) is 8.62. The number of primary sulfonamides is 1. The molecule has 0 amide bonds. The van der Waals surface area contributed by atoms with E-state index in [9.17, 15) is 8.42 Å². The Morgan fingerprint density at radius 1 is 1.08 bits per heavy atom. The van der Waals surface area contributed by atoms with Gasteiger partial charge in [0.1, 0.15) is 0 Å². The SMILES string of the molecule is NS(=O)(=O)c1ccc2c(c1)C1C=CCC1C(c1c[nH]c3ccccc13)N2. The van der Waals surface area contributed by atoms with Crippen LogP contribution in [0, 0.1) is 5.92 Å². The highest BCUT2D eigenvalue weighted by molar-refractivity contribution is 7.89. The lowest BCUT2D eigenvalue weighted by Gasteiger charge is -2.37. The predicted molar refractivity (Wildman–Crippen MR) is 102 cm³/mol. The van der Waals surface area contributed by atoms with Gasteiger partial charge in [-0.1, -0.05) is 30.4 Å². The molecule has 0 saturated heterocycles. The number of nitrogens with two attached hydrogens (primary N) is 1. The van der Waals surface area contributed by atoms with Crippen molar-refractivity contribution in [2.45, 2.75) is 23.3 Å². The first-order valence-electron chi connectivity index (χ1n) is 8.68. The number of sulfonamides is 1. The van der Waals surface area contributed by atoms with E-state index in [0.29, 0.717) is 5.92 Å². The molecule has 0 saturated carbocycles. The highest BCUT2D eigenvalue weighted by Crippen LogP contribution is 2.51. The van der Waals surface area contributed by atoms with Crippen LogP contribution in [0.15, 0.2) is 65.7 Å². The van der Waals surface area contributed by atoms with Crippen LogP contribution in [0.1, 0.15) is 29.5 Å². The number of aromatic nitrogens is 1. The molecule has 2 aliphatic rings. The Morgan fingerprint density at radius 3 is 2.77 bits per heavy atom. The maximum absolute atomic E-state index is 11.7. The summed E-state index contributed by atoms with van der Waals surface area (Å²) >= 11 is 0. The maximum Gasteiger partial charge on any atom is 0.238 e. The molecule has 2 heterocycles. The van der Waals surface area contributed by atoms with Gasteiger partial charge in [-0.15, -0.1) is 0 Å². The molecule has 26 heavy (non-hydrogen) atoms. The largest absolute Gasteiger partial charge is 0.378 e. The Kier molecular flexibility index (Phi) is 3.29. The summed E-state index contributed by atoms with van der Waals surface area (Å²) in [6.45, 7) is 0. The van der Waals surface area contributed by atoms with Crippen molar-refractivity contribution < 1.29 is 8.42 Å². The molecule has 3 aromatic rings. The first-order valence-corrected chi connectivity index (χ1v) is 10.2. The molecule has 0 fully saturated rings. The number of allylic oxidation sites excluding steroid dienone is 2. The number of H-pyrrole nitrogens is 1. The molecule has 0 bridgehead atoms. The van der Waals surface area contributed by atoms with Gasteiger partial charge < -0.3 is 10.3 Å². The molecule has 1 aliphatic carbocycles. The molecular formula is C20H19N3O2S. The van der Waals surface area contributed by atoms with Crippen molar-refractivity contribution in [3.05, 3.63) is 71.9 Å². The topological polar surface area (TPSA) is 88.0 Å². The van der Waals surface area contributed by atoms with E-state index in [1.54, 1.807) is 12.1 Å². The third kappa shape index (κ3) is 2.29. The zero-order chi connectivity index (χ0) is 17.9. The Bertz CT molecular complexity index is 1150. The van der Waals surface area contributed by atoms with Gasteiger partial charge >= 0.3 is 0 Å². The van der Waals surface area contributed by atoms with Crippen molar-refractivity contribution in [3.8, 4) is 0 Å². The lowest BCUT2D eigenvalue weighted by Crippen LogP contribution is -2.29. The molecule has 0 radical (unpaired) electrons. The Balaban J connectivity index is 1.64. The van der Waals surface area contributed by atoms with E-state index in [0.717, 1.165) is 23.2 Å². The minimum absolute atomic E-state index is 0.166. The normalized spacial score (nSPS) is 24.3. The summed E-state index contributed by atoms with van der Waals surface area (Å²) in [5.74, 6) is 0.532. The molecule has 5 nitrogen and oxygen atoms in total. The van der Waals surface area contributed by atoms with E-state index in [1.807, 2.05) is 12.1 Å². The summed E-state index contributed by atoms with van der Waals surface area (Å²) in [6, 6.07) is 13.6. The number of para-hydroxylation sites is 1. The lowest BCUT2D eigenvalue weighted by molar-refractivity contribution is 0.427. The summed E-state index contributed by atoms with van der Waals surface area (Å²) in [7, 11) is -3.71. The quantitative estimate of drug-likeness (QED) is 0.606. The number of benzene rings is 2. The molecule has 3 unspecified atom stereocenters. The monoisotopic (exact) mass is 365 g/mol. The summed E-state index contributed by atoms with van der Waals surface area (Å²) in [5.41, 5.74) is 4.36. The molecule has 1 aliphatic heterocycles. The van der Waals surface area contributed by atoms with Gasteiger partial charge in [0.2, 0.25) is 10.0 Å². The van der Waals surface area contributed by atoms with Crippen LogP contribution in [-0.2, 0) is 10.0 Å². The van der Waals surface area contributed by atoms with Gasteiger partial charge in [-0.3, -0.25) is 0 Å². The third-order valence-corrected chi connectivity index (χ3v) is 6.53. The van der Waals surface area contributed by atoms with E-state index in [4.69, 9.17) is 5.14 Å². The molecule has 132 valence electrons. The number of hydrogen-bond acceptors (Lipinski definition) is 3. The van der Waals surface area contributed by atoms with Crippen molar-refractivity contribution in [2.75, 3.05) is 5.32 Å². The zero-order valence-corrected chi connectivity index (χ0v) is 14.8. The van der Waals surface area contributed by atoms with Crippen LogP contribution in [0.3, 0.4) is 0 Å². The molecule has 2 aromatic carbocycles. The number of anilines is 1. The molecule has 1 aromatic heterocycles. The molecule has 4 N–H and O–H groups in total. The highest BCUT2D eigenvalue weighted by atomic mass is 32.2. The number of hydrogen-bond donors (Lipinski definition) is 3. The molecule has 0 spiro atoms. The minimum Gasteiger partial charge on any atom is -0.378 e. The average molecular weight is 365 g/mol. The van der Waals surface area contributed by atoms with Crippen LogP contribution < -0.4 is 10.5 Å². The van der Waals surface area contributed by atoms with Crippen molar-refractivity contribution in [3.63, 3.8) is 0 Å². The number of rotatable bonds is 2. The highest BCUT2D eigenvalue weighted by Gasteiger charge is 2.39. The fraction of sp³-hybridized carbons (Fsp3) is 0.200. The molecular weight excluding hydrogens is 346 g/mol. The van der Waals surface area contributed by atoms with Gasteiger partial charge in [0.25, 0.3) is 0 Å². The smallest absolute Gasteiger partial charge is 0.238 e. The molecule has 5 rings (SSSR count). The van der Waals surface area contributed by atoms with Crippen molar-refractivity contribution >= 4 is 26.6 Å². The van der Waals surface area contributed by atoms with Crippen LogP contribution in [0.25, 0.3) is 10.9 Å². The number of aromatic amines is 1. The Morgan fingerprint density at radius 2 is 1.92 bits per heavy atom. The maximum atomic E-state index is 11.7. The number of fused-ring (bicyclic) bond motifs is 4. The summed E-state index contributed by atoms with van der Waals surface area (Å²) in [6.07, 6.45) is 7.43. The Hall–Kier alpha value is -2.57. The van der Waals surface area contributed by atoms with Gasteiger partial charge in [0.05, 0.1) is 10.9 Å². The third-order valence-electron chi connectivity index (χ3n) is 5.62. The summed E-state index contributed by atoms with van der Waals surface area (Å²) in [4.78, 5) is 3.53. The van der Waals surface area contributed by atoms with Crippen LogP contribution in [0.4, 0.5) is 5.69 Å². The van der Waals surface area contributed by atoms with Gasteiger partial charge in [-0.05, 0) is 47.7 Å². The van der Waals surface area contributed by atoms with Crippen LogP contribution in [0.2, 0.25) is 0 Å². The van der Waals surface area contributed by atoms with Crippen LogP contribution in [-0.4, -0.2) is 13.4 Å². The van der Waals surface area contributed by atoms with E-state index in [2.05, 4.69) is 46.8 Å². The van der Waals surface area contributed by atoms with Crippen molar-refractivity contribution in [2.24, 2.45) is 11.1 Å². The van der Waals surface area contributed by atoms with Crippen LogP contribution in [0.5, 0.6) is 0 Å². The fourth-order valence-corrected chi connectivity index (χ4v) is 4.96. The zero-order valence-electron chi connectivity index (χ0n) is 14.0. The minimum atomic E-state index is -3.71. The van der Waals surface area contributed by atoms with Gasteiger partial charge in [-0.25, -0.2) is 13.6 Å². The van der Waals surface area contributed by atoms with Gasteiger partial charge in [0.15, 0.2) is 0 Å². The number of nitrogens with one attached hydrogen (secondary N) is 2. The summed E-state index contributed by atoms with van der Waals surface area (Å²) < 4.78 is 23.5. The van der Waals surface area contributed by atoms with Crippen LogP contribution >= 0.6 is 0 Å². The lowest BCUT2D eigenvalue weighted by atomic mass is 9.77. The predicted octanol–water partition coefficient (Wildman–Crippen LogP) is 3.64. The fourth-order valence-electron chi connectivity index (χ4n) is 4.41. The summed E-state index contributed by atoms with van der Waals surface area (Å²) in [5, 5.41) is 10.2. The van der Waals surface area contributed by atoms with E-state index in [1.165, 1.54) is 10.9 Å². The Labute approximate surface area is 152 Å². The first-order chi connectivity index (χ1) is 12.5. The van der Waals surface area contributed by atoms with E-state index >= 15 is 0 Å². The second kappa shape index (κ2) is 5.46. The van der Waals surface area contributed by atoms with E-state index in [-0.39, 0.29) is 16.9 Å². The average Bonchev–Trinajstić information content (AvgIpc) is 3.27. The first kappa shape index (κ1) is 15.7. The van der Waals surface area contributed by atoms with Crippen molar-refractivity contribution in [1.82, 2.24) is 4.98 Å². The second-order valence-electron chi connectivity index (χ2n) is 7.06. The molecule has 6 heteroatoms. The van der Waals surface area contributed by atoms with Gasteiger partial charge in [0, 0.05) is 28.7 Å². The standard InChI is InChI=1S/C20H19N3O2S/c21-26(24,25)12-8-9-19-16(10-12)13-5-3-6-15(13)20(23-19)17-11-22-18-7-2-1-4-14(17)18/h1-5,7-11,13,15,20,22-23H,6H2,(H2,21,24,25). The van der Waals surface area contributed by atoms with Crippen molar-refractivity contribution in [1.29, 1.82) is 0 Å². The van der Waals surface area contributed by atoms with Gasteiger partial charge in [-0.2, -0.15) is 0 Å².